The van der Waals surface area contributed by atoms with Gasteiger partial charge in [0.05, 0.1) is 5.68 Å². The minimum atomic E-state index is -0.332. The first-order valence-electron chi connectivity index (χ1n) is 3.64. The second-order valence-corrected chi connectivity index (χ2v) is 2.61. The third kappa shape index (κ3) is 1.81. The molecule has 1 rings (SSSR count). The summed E-state index contributed by atoms with van der Waals surface area (Å²) in [5.41, 5.74) is -0.0255. The molecule has 2 amide bonds. The Morgan fingerprint density at radius 2 is 1.83 bits per heavy atom. The maximum atomic E-state index is 10.9. The van der Waals surface area contributed by atoms with Crippen molar-refractivity contribution in [3.63, 3.8) is 0 Å². The molecule has 0 unspecified atom stereocenters. The summed E-state index contributed by atoms with van der Waals surface area (Å²) in [7, 11) is 1.43. The molecule has 0 bridgehead atoms. The average molecular weight is 165 g/mol. The Morgan fingerprint density at radius 1 is 1.33 bits per heavy atom. The summed E-state index contributed by atoms with van der Waals surface area (Å²) in [6.07, 6.45) is 2.66. The minimum absolute atomic E-state index is 0.0255. The van der Waals surface area contributed by atoms with E-state index in [-0.39, 0.29) is 30.5 Å². The molecule has 0 aromatic rings. The number of amides is 2. The lowest BCUT2D eigenvalue weighted by molar-refractivity contribution is -0.136. The third-order valence-corrected chi connectivity index (χ3v) is 1.59. The number of carbonyl (C=O) groups is 3. The normalized spacial score (nSPS) is 15.8. The van der Waals surface area contributed by atoms with Crippen LogP contribution in [-0.4, -0.2) is 36.8 Å². The highest BCUT2D eigenvalue weighted by Gasteiger charge is 2.22. The Morgan fingerprint density at radius 3 is 2.25 bits per heavy atom. The standard InChI is InChI=1S/C7H8BNO3/c8-5(10)3-4-9-6(11)1-2-7(9)12/h1-2H,3-4,8H2. The molecule has 0 aliphatic carbocycles. The number of hydrogen-bond donors (Lipinski definition) is 0. The van der Waals surface area contributed by atoms with Crippen molar-refractivity contribution >= 4 is 25.3 Å². The first-order chi connectivity index (χ1) is 5.61. The molecule has 0 radical (unpaired) electrons. The lowest BCUT2D eigenvalue weighted by atomic mass is 10.00. The molecular formula is C7H8BNO3. The van der Waals surface area contributed by atoms with Gasteiger partial charge in [-0.05, 0) is 0 Å². The van der Waals surface area contributed by atoms with E-state index in [1.807, 2.05) is 0 Å². The van der Waals surface area contributed by atoms with Crippen LogP contribution in [-0.2, 0) is 14.4 Å². The van der Waals surface area contributed by atoms with Crippen molar-refractivity contribution in [3.05, 3.63) is 12.2 Å². The van der Waals surface area contributed by atoms with E-state index in [1.54, 1.807) is 0 Å². The van der Waals surface area contributed by atoms with Crippen molar-refractivity contribution in [1.82, 2.24) is 4.90 Å². The highest BCUT2D eigenvalue weighted by molar-refractivity contribution is 6.57. The third-order valence-electron chi connectivity index (χ3n) is 1.59. The van der Waals surface area contributed by atoms with Crippen LogP contribution in [0.15, 0.2) is 12.2 Å². The molecule has 1 heterocycles. The fourth-order valence-corrected chi connectivity index (χ4v) is 0.921. The summed E-state index contributed by atoms with van der Waals surface area (Å²) in [5.74, 6) is -0.664. The summed E-state index contributed by atoms with van der Waals surface area (Å²) >= 11 is 0. The molecule has 1 aliphatic rings. The second kappa shape index (κ2) is 3.34. The Balaban J connectivity index is 2.48. The summed E-state index contributed by atoms with van der Waals surface area (Å²) < 4.78 is 0. The van der Waals surface area contributed by atoms with Crippen molar-refractivity contribution in [2.45, 2.75) is 6.42 Å². The summed E-state index contributed by atoms with van der Waals surface area (Å²) in [6, 6.07) is 0. The predicted molar refractivity (Wildman–Crippen MR) is 44.0 cm³/mol. The van der Waals surface area contributed by atoms with Gasteiger partial charge in [0.2, 0.25) is 0 Å². The minimum Gasteiger partial charge on any atom is -0.312 e. The Hall–Kier alpha value is -1.39. The second-order valence-electron chi connectivity index (χ2n) is 2.61. The molecule has 0 N–H and O–H groups in total. The Kier molecular flexibility index (Phi) is 2.42. The van der Waals surface area contributed by atoms with E-state index in [9.17, 15) is 14.4 Å². The number of carbonyl (C=O) groups excluding carboxylic acids is 3. The van der Waals surface area contributed by atoms with Gasteiger partial charge < -0.3 is 4.79 Å². The zero-order valence-corrected chi connectivity index (χ0v) is 6.74. The largest absolute Gasteiger partial charge is 0.312 e. The van der Waals surface area contributed by atoms with E-state index < -0.39 is 0 Å². The monoisotopic (exact) mass is 165 g/mol. The first-order valence-corrected chi connectivity index (χ1v) is 3.64. The molecule has 0 aromatic heterocycles. The van der Waals surface area contributed by atoms with Crippen molar-refractivity contribution in [3.8, 4) is 0 Å². The molecule has 62 valence electrons. The van der Waals surface area contributed by atoms with Crippen LogP contribution < -0.4 is 0 Å². The summed E-state index contributed by atoms with van der Waals surface area (Å²) in [4.78, 5) is 33.4. The molecule has 0 atom stereocenters. The number of imide groups is 1. The highest BCUT2D eigenvalue weighted by atomic mass is 16.2. The van der Waals surface area contributed by atoms with Crippen molar-refractivity contribution in [1.29, 1.82) is 0 Å². The Labute approximate surface area is 70.6 Å². The lowest BCUT2D eigenvalue weighted by Gasteiger charge is -2.11. The zero-order valence-electron chi connectivity index (χ0n) is 6.74. The molecule has 0 saturated heterocycles. The van der Waals surface area contributed by atoms with Crippen LogP contribution in [0.1, 0.15) is 6.42 Å². The van der Waals surface area contributed by atoms with Crippen LogP contribution in [0.5, 0.6) is 0 Å². The van der Waals surface area contributed by atoms with Gasteiger partial charge in [-0.2, -0.15) is 0 Å². The Bertz CT molecular complexity index is 254. The molecule has 0 aromatic carbocycles. The molecular weight excluding hydrogens is 157 g/mol. The van der Waals surface area contributed by atoms with Crippen LogP contribution in [0.4, 0.5) is 0 Å². The molecule has 1 aliphatic heterocycles. The van der Waals surface area contributed by atoms with Gasteiger partial charge in [0.15, 0.2) is 7.85 Å². The zero-order chi connectivity index (χ0) is 9.14. The van der Waals surface area contributed by atoms with Crippen LogP contribution >= 0.6 is 0 Å². The fraction of sp³-hybridized carbons (Fsp3) is 0.286. The lowest BCUT2D eigenvalue weighted by Crippen LogP contribution is -2.32. The van der Waals surface area contributed by atoms with Gasteiger partial charge in [0.25, 0.3) is 11.8 Å². The van der Waals surface area contributed by atoms with Crippen molar-refractivity contribution in [2.24, 2.45) is 0 Å². The molecule has 0 saturated carbocycles. The van der Waals surface area contributed by atoms with Crippen LogP contribution in [0.3, 0.4) is 0 Å². The van der Waals surface area contributed by atoms with Crippen molar-refractivity contribution in [2.75, 3.05) is 6.54 Å². The smallest absolute Gasteiger partial charge is 0.253 e. The fourth-order valence-electron chi connectivity index (χ4n) is 0.921. The number of rotatable bonds is 3. The van der Waals surface area contributed by atoms with E-state index in [4.69, 9.17) is 0 Å². The molecule has 0 fully saturated rings. The number of nitrogens with zero attached hydrogens (tertiary/aromatic N) is 1. The predicted octanol–water partition coefficient (Wildman–Crippen LogP) is -1.54. The van der Waals surface area contributed by atoms with E-state index in [2.05, 4.69) is 0 Å². The van der Waals surface area contributed by atoms with Gasteiger partial charge in [0, 0.05) is 25.1 Å². The van der Waals surface area contributed by atoms with E-state index >= 15 is 0 Å². The molecule has 12 heavy (non-hydrogen) atoms. The van der Waals surface area contributed by atoms with Crippen LogP contribution in [0.25, 0.3) is 0 Å². The molecule has 4 nitrogen and oxygen atoms in total. The van der Waals surface area contributed by atoms with Gasteiger partial charge in [0.1, 0.15) is 0 Å². The van der Waals surface area contributed by atoms with Gasteiger partial charge in [-0.15, -0.1) is 0 Å². The van der Waals surface area contributed by atoms with Gasteiger partial charge in [-0.25, -0.2) is 0 Å². The van der Waals surface area contributed by atoms with Crippen molar-refractivity contribution < 1.29 is 14.4 Å². The van der Waals surface area contributed by atoms with Gasteiger partial charge in [-0.3, -0.25) is 14.5 Å². The first kappa shape index (κ1) is 8.71. The molecule has 0 spiro atoms. The SMILES string of the molecule is BC(=O)CCN1C(=O)C=CC1=O. The summed E-state index contributed by atoms with van der Waals surface area (Å²) in [5, 5.41) is 0. The topological polar surface area (TPSA) is 54.5 Å². The van der Waals surface area contributed by atoms with Gasteiger partial charge >= 0.3 is 0 Å². The quantitative estimate of drug-likeness (QED) is 0.376. The number of hydrogen-bond acceptors (Lipinski definition) is 3. The van der Waals surface area contributed by atoms with E-state index in [0.29, 0.717) is 0 Å². The molecule has 5 heteroatoms. The van der Waals surface area contributed by atoms with E-state index in [1.165, 1.54) is 20.0 Å². The van der Waals surface area contributed by atoms with E-state index in [0.717, 1.165) is 4.90 Å². The summed E-state index contributed by atoms with van der Waals surface area (Å²) in [6.45, 7) is 0.194. The maximum Gasteiger partial charge on any atom is 0.253 e. The average Bonchev–Trinajstić information content (AvgIpc) is 2.28. The van der Waals surface area contributed by atoms with Crippen LogP contribution in [0, 0.1) is 0 Å². The van der Waals surface area contributed by atoms with Crippen LogP contribution in [0.2, 0.25) is 0 Å². The van der Waals surface area contributed by atoms with Gasteiger partial charge in [-0.1, -0.05) is 0 Å². The maximum absolute atomic E-state index is 10.9. The highest BCUT2D eigenvalue weighted by Crippen LogP contribution is 2.03.